The highest BCUT2D eigenvalue weighted by Gasteiger charge is 2.31. The van der Waals surface area contributed by atoms with Crippen molar-refractivity contribution < 1.29 is 32.3 Å². The normalized spacial score (nSPS) is 16.7. The molecule has 3 aromatic rings. The molecule has 3 aliphatic rings. The summed E-state index contributed by atoms with van der Waals surface area (Å²) < 4.78 is 45.2. The van der Waals surface area contributed by atoms with Gasteiger partial charge < -0.3 is 25.2 Å². The number of piperidine rings is 1. The Hall–Kier alpha value is -5.08. The molecule has 0 bridgehead atoms. The van der Waals surface area contributed by atoms with E-state index in [2.05, 4.69) is 30.4 Å². The Bertz CT molecular complexity index is 1830. The number of nitrogens with one attached hydrogen (secondary N) is 2. The number of morpholine rings is 1. The SMILES string of the molecule is CN(CCN1CCOCC1)C(=O)c1cccc(C(=O)Nc2ccc(N3CCCCC3)cc2C(=O)NC2=NC(c3cccc(C(F)(F)F)c3)=NC2)c1. The van der Waals surface area contributed by atoms with Gasteiger partial charge in [0.1, 0.15) is 5.84 Å². The van der Waals surface area contributed by atoms with Crippen molar-refractivity contribution in [1.82, 2.24) is 15.1 Å². The lowest BCUT2D eigenvalue weighted by atomic mass is 10.1. The zero-order valence-corrected chi connectivity index (χ0v) is 28.3. The van der Waals surface area contributed by atoms with Crippen LogP contribution in [0.2, 0.25) is 0 Å². The van der Waals surface area contributed by atoms with E-state index >= 15 is 0 Å². The number of likely N-dealkylation sites (N-methyl/N-ethyl adjacent to an activating group) is 1. The lowest BCUT2D eigenvalue weighted by Crippen LogP contribution is -2.41. The Balaban J connectivity index is 1.18. The van der Waals surface area contributed by atoms with Gasteiger partial charge >= 0.3 is 6.18 Å². The van der Waals surface area contributed by atoms with Crippen molar-refractivity contribution in [2.75, 3.05) is 76.3 Å². The average Bonchev–Trinajstić information content (AvgIpc) is 3.62. The molecule has 268 valence electrons. The van der Waals surface area contributed by atoms with E-state index in [-0.39, 0.29) is 46.5 Å². The lowest BCUT2D eigenvalue weighted by molar-refractivity contribution is -0.137. The van der Waals surface area contributed by atoms with E-state index in [0.717, 1.165) is 69.8 Å². The van der Waals surface area contributed by atoms with Crippen molar-refractivity contribution in [3.05, 3.63) is 94.5 Å². The number of hydrogen-bond donors (Lipinski definition) is 2. The molecule has 14 heteroatoms. The van der Waals surface area contributed by atoms with Crippen molar-refractivity contribution in [1.29, 1.82) is 0 Å². The van der Waals surface area contributed by atoms with Gasteiger partial charge in [-0.2, -0.15) is 13.2 Å². The second kappa shape index (κ2) is 15.9. The molecule has 0 radical (unpaired) electrons. The van der Waals surface area contributed by atoms with Crippen LogP contribution in [0, 0.1) is 0 Å². The third-order valence-electron chi connectivity index (χ3n) is 9.12. The van der Waals surface area contributed by atoms with Crippen LogP contribution < -0.4 is 15.5 Å². The number of carbonyl (C=O) groups is 3. The van der Waals surface area contributed by atoms with Crippen molar-refractivity contribution in [2.24, 2.45) is 9.98 Å². The zero-order valence-electron chi connectivity index (χ0n) is 28.3. The zero-order chi connectivity index (χ0) is 36.0. The number of ether oxygens (including phenoxy) is 1. The number of alkyl halides is 3. The number of rotatable bonds is 9. The number of halogens is 3. The number of carbonyl (C=O) groups excluding carboxylic acids is 3. The topological polar surface area (TPSA) is 119 Å². The van der Waals surface area contributed by atoms with Gasteiger partial charge in [0.2, 0.25) is 0 Å². The van der Waals surface area contributed by atoms with Crippen LogP contribution in [0.25, 0.3) is 0 Å². The number of anilines is 2. The van der Waals surface area contributed by atoms with Crippen molar-refractivity contribution in [3.63, 3.8) is 0 Å². The van der Waals surface area contributed by atoms with Gasteiger partial charge in [0.05, 0.1) is 36.6 Å². The second-order valence-corrected chi connectivity index (χ2v) is 12.7. The summed E-state index contributed by atoms with van der Waals surface area (Å²) in [6.45, 7) is 5.85. The van der Waals surface area contributed by atoms with E-state index in [1.165, 1.54) is 18.2 Å². The van der Waals surface area contributed by atoms with Crippen molar-refractivity contribution >= 4 is 40.8 Å². The minimum atomic E-state index is -4.52. The van der Waals surface area contributed by atoms with E-state index in [1.807, 2.05) is 6.07 Å². The molecule has 0 atom stereocenters. The van der Waals surface area contributed by atoms with Crippen LogP contribution in [0.15, 0.2) is 76.7 Å². The summed E-state index contributed by atoms with van der Waals surface area (Å²) in [6, 6.07) is 16.4. The first-order valence-electron chi connectivity index (χ1n) is 17.0. The molecular weight excluding hydrogens is 663 g/mol. The molecule has 0 unspecified atom stereocenters. The Morgan fingerprint density at radius 3 is 2.37 bits per heavy atom. The second-order valence-electron chi connectivity index (χ2n) is 12.7. The summed E-state index contributed by atoms with van der Waals surface area (Å²) in [5, 5.41) is 5.58. The maximum atomic E-state index is 13.8. The molecule has 3 aromatic carbocycles. The van der Waals surface area contributed by atoms with Crippen LogP contribution in [0.3, 0.4) is 0 Å². The quantitative estimate of drug-likeness (QED) is 0.326. The summed E-state index contributed by atoms with van der Waals surface area (Å²) in [4.78, 5) is 55.2. The molecule has 2 N–H and O–H groups in total. The molecule has 3 amide bonds. The predicted octanol–water partition coefficient (Wildman–Crippen LogP) is 4.94. The lowest BCUT2D eigenvalue weighted by Gasteiger charge is -2.29. The summed E-state index contributed by atoms with van der Waals surface area (Å²) in [5.41, 5.74) is 1.20. The standard InChI is InChI=1S/C37H40F3N7O4/c1-45(15-16-46-17-19-51-20-18-46)36(50)27-9-5-8-26(21-27)34(48)42-31-12-11-29(47-13-3-2-4-14-47)23-30(31)35(49)44-32-24-41-33(43-32)25-7-6-10-28(22-25)37(38,39)40/h5-12,21-23H,2-4,13-20,24H2,1H3,(H,42,48)(H,41,43,44,49). The Morgan fingerprint density at radius 2 is 1.61 bits per heavy atom. The van der Waals surface area contributed by atoms with Crippen LogP contribution in [-0.2, 0) is 10.9 Å². The van der Waals surface area contributed by atoms with Crippen LogP contribution >= 0.6 is 0 Å². The highest BCUT2D eigenvalue weighted by molar-refractivity contribution is 6.18. The predicted molar refractivity (Wildman–Crippen MR) is 189 cm³/mol. The fourth-order valence-corrected chi connectivity index (χ4v) is 6.21. The monoisotopic (exact) mass is 703 g/mol. The summed E-state index contributed by atoms with van der Waals surface area (Å²) in [5.74, 6) is -1.04. The van der Waals surface area contributed by atoms with Gasteiger partial charge in [-0.15, -0.1) is 0 Å². The summed E-state index contributed by atoms with van der Waals surface area (Å²) in [7, 11) is 1.73. The highest BCUT2D eigenvalue weighted by Crippen LogP contribution is 2.30. The molecule has 0 spiro atoms. The number of aliphatic imine (C=N–C) groups is 2. The summed E-state index contributed by atoms with van der Waals surface area (Å²) in [6.07, 6.45) is -1.36. The van der Waals surface area contributed by atoms with Gasteiger partial charge in [0.15, 0.2) is 5.84 Å². The molecule has 51 heavy (non-hydrogen) atoms. The largest absolute Gasteiger partial charge is 0.416 e. The van der Waals surface area contributed by atoms with E-state index in [9.17, 15) is 27.6 Å². The number of amides is 3. The van der Waals surface area contributed by atoms with E-state index in [0.29, 0.717) is 25.3 Å². The first-order valence-corrected chi connectivity index (χ1v) is 17.0. The molecule has 2 saturated heterocycles. The Kier molecular flexibility index (Phi) is 11.1. The summed E-state index contributed by atoms with van der Waals surface area (Å²) >= 11 is 0. The molecule has 0 aromatic heterocycles. The van der Waals surface area contributed by atoms with Crippen LogP contribution in [0.4, 0.5) is 24.5 Å². The first-order chi connectivity index (χ1) is 24.5. The van der Waals surface area contributed by atoms with E-state index in [1.54, 1.807) is 42.3 Å². The van der Waals surface area contributed by atoms with Crippen molar-refractivity contribution in [3.8, 4) is 0 Å². The van der Waals surface area contributed by atoms with Gasteiger partial charge in [0.25, 0.3) is 17.7 Å². The Labute approximate surface area is 294 Å². The van der Waals surface area contributed by atoms with Gasteiger partial charge in [-0.25, -0.2) is 4.99 Å². The smallest absolute Gasteiger partial charge is 0.379 e. The maximum absolute atomic E-state index is 13.8. The van der Waals surface area contributed by atoms with Crippen LogP contribution in [0.1, 0.15) is 61.5 Å². The maximum Gasteiger partial charge on any atom is 0.416 e. The van der Waals surface area contributed by atoms with Gasteiger partial charge in [0, 0.05) is 68.7 Å². The average molecular weight is 704 g/mol. The number of nitrogens with zero attached hydrogens (tertiary/aromatic N) is 5. The molecule has 3 heterocycles. The van der Waals surface area contributed by atoms with Crippen molar-refractivity contribution in [2.45, 2.75) is 25.4 Å². The van der Waals surface area contributed by atoms with Crippen LogP contribution in [-0.4, -0.2) is 105 Å². The van der Waals surface area contributed by atoms with E-state index < -0.39 is 23.6 Å². The first kappa shape index (κ1) is 35.7. The molecule has 11 nitrogen and oxygen atoms in total. The molecule has 0 aliphatic carbocycles. The fourth-order valence-electron chi connectivity index (χ4n) is 6.21. The minimum absolute atomic E-state index is 0.0352. The van der Waals surface area contributed by atoms with Gasteiger partial charge in [-0.1, -0.05) is 18.2 Å². The number of amidine groups is 2. The van der Waals surface area contributed by atoms with Crippen LogP contribution in [0.5, 0.6) is 0 Å². The third kappa shape index (κ3) is 8.99. The molecular formula is C37H40F3N7O4. The van der Waals surface area contributed by atoms with E-state index in [4.69, 9.17) is 4.74 Å². The highest BCUT2D eigenvalue weighted by atomic mass is 19.4. The fraction of sp³-hybridized carbons (Fsp3) is 0.378. The Morgan fingerprint density at radius 1 is 0.863 bits per heavy atom. The van der Waals surface area contributed by atoms with Gasteiger partial charge in [-0.05, 0) is 67.8 Å². The van der Waals surface area contributed by atoms with Gasteiger partial charge in [-0.3, -0.25) is 24.3 Å². The molecule has 0 saturated carbocycles. The molecule has 6 rings (SSSR count). The number of benzene rings is 3. The third-order valence-corrected chi connectivity index (χ3v) is 9.12. The minimum Gasteiger partial charge on any atom is -0.379 e. The number of hydrogen-bond acceptors (Lipinski definition) is 8. The molecule has 2 fully saturated rings. The molecule has 3 aliphatic heterocycles.